The number of allylic oxidation sites excluding steroid dienone is 5. The first-order valence-electron chi connectivity index (χ1n) is 3.93. The van der Waals surface area contributed by atoms with Gasteiger partial charge in [-0.3, -0.25) is 0 Å². The van der Waals surface area contributed by atoms with E-state index in [-0.39, 0.29) is 0 Å². The molecule has 0 amide bonds. The summed E-state index contributed by atoms with van der Waals surface area (Å²) in [7, 11) is -1.85. The van der Waals surface area contributed by atoms with Crippen LogP contribution in [0.2, 0.25) is 0 Å². The Hall–Kier alpha value is -0.870. The summed E-state index contributed by atoms with van der Waals surface area (Å²) in [6.45, 7) is 3.81. The van der Waals surface area contributed by atoms with Crippen molar-refractivity contribution in [1.82, 2.24) is 4.72 Å². The summed E-state index contributed by atoms with van der Waals surface area (Å²) in [6, 6.07) is 0. The molecule has 1 N–H and O–H groups in total. The van der Waals surface area contributed by atoms with E-state index >= 15 is 0 Å². The third kappa shape index (κ3) is 6.31. The van der Waals surface area contributed by atoms with Gasteiger partial charge in [0.1, 0.15) is 0 Å². The molecule has 0 rings (SSSR count). The van der Waals surface area contributed by atoms with Gasteiger partial charge in [-0.2, -0.15) is 0 Å². The normalized spacial score (nSPS) is 14.5. The topological polar surface area (TPSA) is 46.2 Å². The SMILES string of the molecule is C\C=C/C(C)=C\C=C\S(=O)(=O)NC. The molecular formula is C9H15NO2S. The van der Waals surface area contributed by atoms with Gasteiger partial charge >= 0.3 is 0 Å². The molecular weight excluding hydrogens is 186 g/mol. The van der Waals surface area contributed by atoms with Gasteiger partial charge in [-0.25, -0.2) is 13.1 Å². The van der Waals surface area contributed by atoms with Crippen molar-refractivity contribution in [3.05, 3.63) is 35.3 Å². The van der Waals surface area contributed by atoms with Gasteiger partial charge in [-0.15, -0.1) is 0 Å². The summed E-state index contributed by atoms with van der Waals surface area (Å²) in [4.78, 5) is 0. The Kier molecular flexibility index (Phi) is 5.34. The average Bonchev–Trinajstić information content (AvgIpc) is 2.05. The summed E-state index contributed by atoms with van der Waals surface area (Å²) < 4.78 is 24.0. The minimum atomic E-state index is -3.23. The van der Waals surface area contributed by atoms with Crippen molar-refractivity contribution in [2.24, 2.45) is 0 Å². The molecule has 0 aliphatic carbocycles. The Morgan fingerprint density at radius 1 is 1.38 bits per heavy atom. The van der Waals surface area contributed by atoms with E-state index in [4.69, 9.17) is 0 Å². The van der Waals surface area contributed by atoms with Gasteiger partial charge in [0.2, 0.25) is 10.0 Å². The minimum absolute atomic E-state index is 1.00. The molecule has 0 aliphatic heterocycles. The highest BCUT2D eigenvalue weighted by Gasteiger charge is 1.96. The zero-order valence-corrected chi connectivity index (χ0v) is 8.93. The molecule has 0 atom stereocenters. The summed E-state index contributed by atoms with van der Waals surface area (Å²) in [5.74, 6) is 0. The van der Waals surface area contributed by atoms with Gasteiger partial charge in [0.15, 0.2) is 0 Å². The van der Waals surface area contributed by atoms with E-state index in [1.165, 1.54) is 13.1 Å². The Labute approximate surface area is 79.9 Å². The standard InChI is InChI=1S/C9H15NO2S/c1-4-6-9(2)7-5-8-13(11,12)10-3/h4-8,10H,1-3H3/b6-4-,8-5+,9-7-. The van der Waals surface area contributed by atoms with Crippen LogP contribution in [0, 0.1) is 0 Å². The third-order valence-electron chi connectivity index (χ3n) is 1.33. The summed E-state index contributed by atoms with van der Waals surface area (Å²) >= 11 is 0. The molecule has 0 aromatic rings. The van der Waals surface area contributed by atoms with Crippen molar-refractivity contribution < 1.29 is 8.42 Å². The first-order valence-corrected chi connectivity index (χ1v) is 5.47. The third-order valence-corrected chi connectivity index (χ3v) is 2.42. The van der Waals surface area contributed by atoms with E-state index in [0.29, 0.717) is 0 Å². The molecule has 0 heterocycles. The lowest BCUT2D eigenvalue weighted by molar-refractivity contribution is 0.597. The zero-order valence-electron chi connectivity index (χ0n) is 8.11. The van der Waals surface area contributed by atoms with Gasteiger partial charge in [-0.1, -0.05) is 23.8 Å². The molecule has 0 saturated heterocycles. The predicted octanol–water partition coefficient (Wildman–Crippen LogP) is 1.57. The maximum atomic E-state index is 10.9. The Bertz CT molecular complexity index is 324. The second-order valence-electron chi connectivity index (χ2n) is 2.49. The van der Waals surface area contributed by atoms with Crippen LogP contribution in [0.25, 0.3) is 0 Å². The van der Waals surface area contributed by atoms with Crippen LogP contribution in [0.4, 0.5) is 0 Å². The quantitative estimate of drug-likeness (QED) is 0.702. The molecule has 0 bridgehead atoms. The van der Waals surface area contributed by atoms with Crippen LogP contribution < -0.4 is 4.72 Å². The van der Waals surface area contributed by atoms with Crippen molar-refractivity contribution in [3.63, 3.8) is 0 Å². The molecule has 13 heavy (non-hydrogen) atoms. The van der Waals surface area contributed by atoms with E-state index in [2.05, 4.69) is 4.72 Å². The van der Waals surface area contributed by atoms with Crippen molar-refractivity contribution in [2.75, 3.05) is 7.05 Å². The number of hydrogen-bond acceptors (Lipinski definition) is 2. The van der Waals surface area contributed by atoms with Gasteiger partial charge in [0.05, 0.1) is 0 Å². The zero-order chi connectivity index (χ0) is 10.3. The number of sulfonamides is 1. The number of rotatable bonds is 4. The van der Waals surface area contributed by atoms with Gasteiger partial charge in [-0.05, 0) is 27.0 Å². The second kappa shape index (κ2) is 5.72. The molecule has 0 saturated carbocycles. The maximum Gasteiger partial charge on any atom is 0.233 e. The van der Waals surface area contributed by atoms with Crippen molar-refractivity contribution >= 4 is 10.0 Å². The summed E-state index contributed by atoms with van der Waals surface area (Å²) in [5, 5.41) is 1.12. The van der Waals surface area contributed by atoms with Crippen LogP contribution in [0.1, 0.15) is 13.8 Å². The van der Waals surface area contributed by atoms with Crippen molar-refractivity contribution in [1.29, 1.82) is 0 Å². The highest BCUT2D eigenvalue weighted by Crippen LogP contribution is 1.96. The molecule has 0 aromatic heterocycles. The van der Waals surface area contributed by atoms with Crippen molar-refractivity contribution in [3.8, 4) is 0 Å². The van der Waals surface area contributed by atoms with Crippen LogP contribution in [-0.4, -0.2) is 15.5 Å². The fourth-order valence-electron chi connectivity index (χ4n) is 0.681. The van der Waals surface area contributed by atoms with Crippen LogP contribution in [0.15, 0.2) is 35.3 Å². The van der Waals surface area contributed by atoms with E-state index in [1.807, 2.05) is 26.0 Å². The second-order valence-corrected chi connectivity index (χ2v) is 4.26. The molecule has 0 aliphatic rings. The van der Waals surface area contributed by atoms with Crippen LogP contribution in [-0.2, 0) is 10.0 Å². The minimum Gasteiger partial charge on any atom is -0.215 e. The van der Waals surface area contributed by atoms with Crippen LogP contribution >= 0.6 is 0 Å². The monoisotopic (exact) mass is 201 g/mol. The fourth-order valence-corrected chi connectivity index (χ4v) is 1.10. The molecule has 4 heteroatoms. The lowest BCUT2D eigenvalue weighted by Gasteiger charge is -1.91. The molecule has 0 aromatic carbocycles. The van der Waals surface area contributed by atoms with Gasteiger partial charge in [0.25, 0.3) is 0 Å². The average molecular weight is 201 g/mol. The summed E-state index contributed by atoms with van der Waals surface area (Å²) in [5.41, 5.74) is 1.00. The van der Waals surface area contributed by atoms with Gasteiger partial charge < -0.3 is 0 Å². The van der Waals surface area contributed by atoms with Crippen LogP contribution in [0.5, 0.6) is 0 Å². The van der Waals surface area contributed by atoms with Crippen molar-refractivity contribution in [2.45, 2.75) is 13.8 Å². The maximum absolute atomic E-state index is 10.9. The molecule has 3 nitrogen and oxygen atoms in total. The van der Waals surface area contributed by atoms with E-state index in [1.54, 1.807) is 6.08 Å². The van der Waals surface area contributed by atoms with E-state index < -0.39 is 10.0 Å². The van der Waals surface area contributed by atoms with Gasteiger partial charge in [0, 0.05) is 5.41 Å². The highest BCUT2D eigenvalue weighted by molar-refractivity contribution is 7.92. The fraction of sp³-hybridized carbons (Fsp3) is 0.333. The van der Waals surface area contributed by atoms with E-state index in [9.17, 15) is 8.42 Å². The Balaban J connectivity index is 4.40. The van der Waals surface area contributed by atoms with E-state index in [0.717, 1.165) is 11.0 Å². The predicted molar refractivity (Wildman–Crippen MR) is 55.7 cm³/mol. The Morgan fingerprint density at radius 3 is 2.46 bits per heavy atom. The highest BCUT2D eigenvalue weighted by atomic mass is 32.2. The number of hydrogen-bond donors (Lipinski definition) is 1. The lowest BCUT2D eigenvalue weighted by Crippen LogP contribution is -2.14. The smallest absolute Gasteiger partial charge is 0.215 e. The molecule has 74 valence electrons. The Morgan fingerprint density at radius 2 is 2.00 bits per heavy atom. The molecule has 0 unspecified atom stereocenters. The first kappa shape index (κ1) is 12.1. The lowest BCUT2D eigenvalue weighted by atomic mass is 10.2. The first-order chi connectivity index (χ1) is 6.02. The molecule has 0 spiro atoms. The summed E-state index contributed by atoms with van der Waals surface area (Å²) in [6.07, 6.45) is 7.03. The number of nitrogens with one attached hydrogen (secondary N) is 1. The van der Waals surface area contributed by atoms with Crippen LogP contribution in [0.3, 0.4) is 0 Å². The molecule has 0 fully saturated rings. The molecule has 0 radical (unpaired) electrons. The largest absolute Gasteiger partial charge is 0.233 e.